The number of ether oxygens (including phenoxy) is 1. The lowest BCUT2D eigenvalue weighted by Gasteiger charge is -2.29. The van der Waals surface area contributed by atoms with Crippen molar-refractivity contribution in [1.82, 2.24) is 9.78 Å². The normalized spacial score (nSPS) is 14.8. The molecule has 0 radical (unpaired) electrons. The summed E-state index contributed by atoms with van der Waals surface area (Å²) in [5, 5.41) is 12.5. The third-order valence-electron chi connectivity index (χ3n) is 4.41. The van der Waals surface area contributed by atoms with E-state index in [9.17, 15) is 4.79 Å². The van der Waals surface area contributed by atoms with Gasteiger partial charge in [-0.15, -0.1) is 0 Å². The van der Waals surface area contributed by atoms with Crippen molar-refractivity contribution in [3.8, 4) is 0 Å². The van der Waals surface area contributed by atoms with Crippen molar-refractivity contribution in [1.29, 1.82) is 0 Å². The van der Waals surface area contributed by atoms with E-state index in [1.54, 1.807) is 11.3 Å². The Kier molecular flexibility index (Phi) is 4.42. The van der Waals surface area contributed by atoms with Gasteiger partial charge in [0.05, 0.1) is 36.2 Å². The number of rotatable bonds is 4. The van der Waals surface area contributed by atoms with Crippen LogP contribution in [0.25, 0.3) is 10.9 Å². The molecule has 4 rings (SSSR count). The Labute approximate surface area is 150 Å². The minimum Gasteiger partial charge on any atom is -0.378 e. The number of hydrogen-bond donors (Lipinski definition) is 1. The summed E-state index contributed by atoms with van der Waals surface area (Å²) < 4.78 is 7.28. The quantitative estimate of drug-likeness (QED) is 0.781. The van der Waals surface area contributed by atoms with Gasteiger partial charge < -0.3 is 15.0 Å². The zero-order valence-electron chi connectivity index (χ0n) is 14.1. The number of nitrogens with one attached hydrogen (secondary N) is 1. The summed E-state index contributed by atoms with van der Waals surface area (Å²) in [6, 6.07) is 8.12. The monoisotopic (exact) mass is 356 g/mol. The smallest absolute Gasteiger partial charge is 0.230 e. The van der Waals surface area contributed by atoms with Crippen LogP contribution in [0.4, 0.5) is 11.5 Å². The number of nitrogens with zero attached hydrogens (tertiary/aromatic N) is 3. The molecule has 0 bridgehead atoms. The second-order valence-corrected chi connectivity index (χ2v) is 6.88. The van der Waals surface area contributed by atoms with Crippen molar-refractivity contribution in [3.05, 3.63) is 40.6 Å². The number of carbonyl (C=O) groups excluding carboxylic acids is 1. The number of aromatic nitrogens is 2. The highest BCUT2D eigenvalue weighted by Crippen LogP contribution is 2.33. The molecule has 2 aromatic heterocycles. The number of benzene rings is 1. The SMILES string of the molecule is Cn1nc(NC(=O)Cc2ccsc2)c2c(N3CCOCC3)cccc21. The first-order valence-corrected chi connectivity index (χ1v) is 9.26. The van der Waals surface area contributed by atoms with Crippen molar-refractivity contribution in [2.75, 3.05) is 36.5 Å². The molecule has 1 saturated heterocycles. The summed E-state index contributed by atoms with van der Waals surface area (Å²) in [5.41, 5.74) is 3.13. The predicted molar refractivity (Wildman–Crippen MR) is 100 cm³/mol. The molecule has 0 unspecified atom stereocenters. The van der Waals surface area contributed by atoms with Crippen molar-refractivity contribution in [3.63, 3.8) is 0 Å². The van der Waals surface area contributed by atoms with Crippen LogP contribution in [0.1, 0.15) is 5.56 Å². The molecule has 0 aliphatic carbocycles. The van der Waals surface area contributed by atoms with E-state index in [0.717, 1.165) is 48.5 Å². The van der Waals surface area contributed by atoms with Gasteiger partial charge in [-0.05, 0) is 34.5 Å². The lowest BCUT2D eigenvalue weighted by atomic mass is 10.1. The first kappa shape index (κ1) is 16.1. The molecule has 3 heterocycles. The predicted octanol–water partition coefficient (Wildman–Crippen LogP) is 2.65. The van der Waals surface area contributed by atoms with E-state index in [0.29, 0.717) is 12.2 Å². The van der Waals surface area contributed by atoms with Gasteiger partial charge >= 0.3 is 0 Å². The van der Waals surface area contributed by atoms with Crippen molar-refractivity contribution in [2.24, 2.45) is 7.05 Å². The van der Waals surface area contributed by atoms with Crippen LogP contribution in [0.2, 0.25) is 0 Å². The third kappa shape index (κ3) is 3.25. The van der Waals surface area contributed by atoms with Crippen LogP contribution in [-0.4, -0.2) is 42.0 Å². The van der Waals surface area contributed by atoms with Gasteiger partial charge in [0.2, 0.25) is 5.91 Å². The van der Waals surface area contributed by atoms with E-state index in [-0.39, 0.29) is 5.91 Å². The maximum atomic E-state index is 12.4. The van der Waals surface area contributed by atoms with Crippen molar-refractivity contribution >= 4 is 39.7 Å². The van der Waals surface area contributed by atoms with Gasteiger partial charge in [0.15, 0.2) is 5.82 Å². The van der Waals surface area contributed by atoms with Crippen LogP contribution >= 0.6 is 11.3 Å². The Morgan fingerprint density at radius 3 is 2.92 bits per heavy atom. The van der Waals surface area contributed by atoms with Crippen LogP contribution in [0.3, 0.4) is 0 Å². The summed E-state index contributed by atoms with van der Waals surface area (Å²) in [5.74, 6) is 0.579. The highest BCUT2D eigenvalue weighted by atomic mass is 32.1. The number of thiophene rings is 1. The first-order chi connectivity index (χ1) is 12.2. The molecule has 0 atom stereocenters. The minimum absolute atomic E-state index is 0.0461. The lowest BCUT2D eigenvalue weighted by molar-refractivity contribution is -0.115. The molecule has 1 N–H and O–H groups in total. The molecular formula is C18H20N4O2S. The summed E-state index contributed by atoms with van der Waals surface area (Å²) in [6.45, 7) is 3.12. The maximum absolute atomic E-state index is 12.4. The summed E-state index contributed by atoms with van der Waals surface area (Å²) in [6.07, 6.45) is 0.362. The molecule has 7 heteroatoms. The maximum Gasteiger partial charge on any atom is 0.230 e. The van der Waals surface area contributed by atoms with Gasteiger partial charge in [-0.3, -0.25) is 9.48 Å². The van der Waals surface area contributed by atoms with Gasteiger partial charge in [-0.25, -0.2) is 0 Å². The van der Waals surface area contributed by atoms with Crippen LogP contribution in [0.5, 0.6) is 0 Å². The number of amides is 1. The molecule has 3 aromatic rings. The number of carbonyl (C=O) groups is 1. The Morgan fingerprint density at radius 1 is 1.32 bits per heavy atom. The molecule has 0 saturated carbocycles. The second-order valence-electron chi connectivity index (χ2n) is 6.10. The minimum atomic E-state index is -0.0461. The Morgan fingerprint density at radius 2 is 2.16 bits per heavy atom. The topological polar surface area (TPSA) is 59.4 Å². The van der Waals surface area contributed by atoms with Crippen LogP contribution in [-0.2, 0) is 23.0 Å². The van der Waals surface area contributed by atoms with Crippen LogP contribution < -0.4 is 10.2 Å². The molecule has 1 aliphatic rings. The Bertz CT molecular complexity index is 882. The van der Waals surface area contributed by atoms with E-state index in [4.69, 9.17) is 4.74 Å². The number of fused-ring (bicyclic) bond motifs is 1. The van der Waals surface area contributed by atoms with Crippen LogP contribution in [0, 0.1) is 0 Å². The number of hydrogen-bond acceptors (Lipinski definition) is 5. The van der Waals surface area contributed by atoms with Gasteiger partial charge in [0.1, 0.15) is 0 Å². The molecule has 1 aromatic carbocycles. The Balaban J connectivity index is 1.67. The molecule has 1 aliphatic heterocycles. The van der Waals surface area contributed by atoms with Gasteiger partial charge in [-0.2, -0.15) is 16.4 Å². The van der Waals surface area contributed by atoms with E-state index >= 15 is 0 Å². The fraction of sp³-hybridized carbons (Fsp3) is 0.333. The average molecular weight is 356 g/mol. The number of anilines is 2. The molecule has 6 nitrogen and oxygen atoms in total. The molecule has 0 spiro atoms. The fourth-order valence-electron chi connectivity index (χ4n) is 3.20. The van der Waals surface area contributed by atoms with Gasteiger partial charge in [0, 0.05) is 20.1 Å². The zero-order chi connectivity index (χ0) is 17.2. The van der Waals surface area contributed by atoms with Crippen LogP contribution in [0.15, 0.2) is 35.0 Å². The highest BCUT2D eigenvalue weighted by Gasteiger charge is 2.20. The molecular weight excluding hydrogens is 336 g/mol. The summed E-state index contributed by atoms with van der Waals surface area (Å²) >= 11 is 1.60. The third-order valence-corrected chi connectivity index (χ3v) is 5.14. The molecule has 25 heavy (non-hydrogen) atoms. The molecule has 130 valence electrons. The van der Waals surface area contributed by atoms with Crippen molar-refractivity contribution in [2.45, 2.75) is 6.42 Å². The summed E-state index contributed by atoms with van der Waals surface area (Å²) in [4.78, 5) is 14.7. The summed E-state index contributed by atoms with van der Waals surface area (Å²) in [7, 11) is 1.90. The average Bonchev–Trinajstić information content (AvgIpc) is 3.24. The number of aryl methyl sites for hydroxylation is 1. The highest BCUT2D eigenvalue weighted by molar-refractivity contribution is 7.08. The molecule has 1 fully saturated rings. The largest absolute Gasteiger partial charge is 0.378 e. The van der Waals surface area contributed by atoms with Gasteiger partial charge in [0.25, 0.3) is 0 Å². The van der Waals surface area contributed by atoms with Crippen molar-refractivity contribution < 1.29 is 9.53 Å². The lowest BCUT2D eigenvalue weighted by Crippen LogP contribution is -2.36. The molecule has 1 amide bonds. The van der Waals surface area contributed by atoms with E-state index in [1.165, 1.54) is 0 Å². The van der Waals surface area contributed by atoms with E-state index in [2.05, 4.69) is 21.4 Å². The first-order valence-electron chi connectivity index (χ1n) is 8.32. The van der Waals surface area contributed by atoms with E-state index < -0.39 is 0 Å². The fourth-order valence-corrected chi connectivity index (χ4v) is 3.87. The van der Waals surface area contributed by atoms with Gasteiger partial charge in [-0.1, -0.05) is 6.07 Å². The van der Waals surface area contributed by atoms with E-state index in [1.807, 2.05) is 40.7 Å². The Hall–Kier alpha value is -2.38. The number of morpholine rings is 1. The zero-order valence-corrected chi connectivity index (χ0v) is 14.9. The second kappa shape index (κ2) is 6.85. The standard InChI is InChI=1S/C18H20N4O2S/c1-21-14-3-2-4-15(22-6-8-24-9-7-22)17(14)18(20-21)19-16(23)11-13-5-10-25-12-13/h2-5,10,12H,6-9,11H2,1H3,(H,19,20,23).